The lowest BCUT2D eigenvalue weighted by atomic mass is 10.0. The van der Waals surface area contributed by atoms with E-state index >= 15 is 0 Å². The van der Waals surface area contributed by atoms with Crippen molar-refractivity contribution < 1.29 is 0 Å². The highest BCUT2D eigenvalue weighted by Crippen LogP contribution is 2.27. The first-order valence-corrected chi connectivity index (χ1v) is 6.42. The van der Waals surface area contributed by atoms with Crippen molar-refractivity contribution in [2.75, 3.05) is 5.75 Å². The van der Waals surface area contributed by atoms with Gasteiger partial charge < -0.3 is 11.5 Å². The standard InChI is InChI=1S/C12H18N4S/c1-9(2)10-5-3-4-6-11(10)17-8-7-15-16-12(13)14/h3-7,9H,8H2,1-2H3,(H4,13,14,16)/b15-7-. The molecule has 0 unspecified atom stereocenters. The number of rotatable bonds is 5. The monoisotopic (exact) mass is 250 g/mol. The molecule has 0 atom stereocenters. The van der Waals surface area contributed by atoms with Crippen LogP contribution in [-0.4, -0.2) is 17.9 Å². The molecule has 4 nitrogen and oxygen atoms in total. The summed E-state index contributed by atoms with van der Waals surface area (Å²) in [6.07, 6.45) is 1.70. The number of hydrogen-bond donors (Lipinski definition) is 2. The van der Waals surface area contributed by atoms with Crippen LogP contribution in [0.5, 0.6) is 0 Å². The molecule has 0 aliphatic heterocycles. The molecule has 1 aromatic carbocycles. The van der Waals surface area contributed by atoms with Crippen LogP contribution in [0.4, 0.5) is 0 Å². The van der Waals surface area contributed by atoms with Gasteiger partial charge in [-0.05, 0) is 17.5 Å². The zero-order valence-corrected chi connectivity index (χ0v) is 10.9. The molecule has 0 saturated heterocycles. The first kappa shape index (κ1) is 13.6. The second-order valence-corrected chi connectivity index (χ2v) is 4.89. The summed E-state index contributed by atoms with van der Waals surface area (Å²) in [5.74, 6) is 1.25. The molecule has 0 amide bonds. The van der Waals surface area contributed by atoms with Crippen LogP contribution >= 0.6 is 11.8 Å². The van der Waals surface area contributed by atoms with Gasteiger partial charge >= 0.3 is 0 Å². The minimum atomic E-state index is -0.0196. The number of nitrogens with zero attached hydrogens (tertiary/aromatic N) is 2. The lowest BCUT2D eigenvalue weighted by molar-refractivity contribution is 0.842. The van der Waals surface area contributed by atoms with Crippen LogP contribution in [0.1, 0.15) is 25.3 Å². The summed E-state index contributed by atoms with van der Waals surface area (Å²) in [6.45, 7) is 4.37. The maximum absolute atomic E-state index is 5.16. The fourth-order valence-corrected chi connectivity index (χ4v) is 2.32. The molecule has 5 heteroatoms. The average molecular weight is 250 g/mol. The Balaban J connectivity index is 2.58. The summed E-state index contributed by atoms with van der Waals surface area (Å²) in [5, 5.41) is 7.29. The average Bonchev–Trinajstić information content (AvgIpc) is 2.28. The Bertz CT molecular complexity index is 409. The molecule has 4 N–H and O–H groups in total. The van der Waals surface area contributed by atoms with Crippen molar-refractivity contribution in [3.05, 3.63) is 29.8 Å². The van der Waals surface area contributed by atoms with E-state index in [0.29, 0.717) is 5.92 Å². The van der Waals surface area contributed by atoms with E-state index in [-0.39, 0.29) is 5.96 Å². The van der Waals surface area contributed by atoms with E-state index in [1.54, 1.807) is 18.0 Å². The van der Waals surface area contributed by atoms with E-state index in [0.717, 1.165) is 5.75 Å². The smallest absolute Gasteiger partial charge is 0.211 e. The molecule has 0 aliphatic carbocycles. The normalized spacial score (nSPS) is 11.0. The Hall–Kier alpha value is -1.49. The predicted molar refractivity (Wildman–Crippen MR) is 75.6 cm³/mol. The third-order valence-electron chi connectivity index (χ3n) is 2.11. The minimum absolute atomic E-state index is 0.0196. The molecular weight excluding hydrogens is 232 g/mol. The van der Waals surface area contributed by atoms with Crippen molar-refractivity contribution in [1.29, 1.82) is 0 Å². The van der Waals surface area contributed by atoms with E-state index in [1.165, 1.54) is 10.5 Å². The zero-order chi connectivity index (χ0) is 12.7. The topological polar surface area (TPSA) is 76.8 Å². The van der Waals surface area contributed by atoms with Gasteiger partial charge in [-0.15, -0.1) is 16.9 Å². The van der Waals surface area contributed by atoms with Gasteiger partial charge in [-0.25, -0.2) is 0 Å². The summed E-state index contributed by atoms with van der Waals surface area (Å²) in [7, 11) is 0. The lowest BCUT2D eigenvalue weighted by Gasteiger charge is -2.10. The zero-order valence-electron chi connectivity index (χ0n) is 10.1. The number of guanidine groups is 1. The Labute approximate surface area is 106 Å². The first-order valence-electron chi connectivity index (χ1n) is 5.43. The number of nitrogens with two attached hydrogens (primary N) is 2. The van der Waals surface area contributed by atoms with E-state index in [4.69, 9.17) is 11.5 Å². The summed E-state index contributed by atoms with van der Waals surface area (Å²) in [5.41, 5.74) is 11.7. The van der Waals surface area contributed by atoms with Crippen LogP contribution in [0.2, 0.25) is 0 Å². The van der Waals surface area contributed by atoms with E-state index in [9.17, 15) is 0 Å². The fraction of sp³-hybridized carbons (Fsp3) is 0.333. The largest absolute Gasteiger partial charge is 0.369 e. The highest BCUT2D eigenvalue weighted by Gasteiger charge is 2.04. The van der Waals surface area contributed by atoms with Crippen LogP contribution < -0.4 is 11.5 Å². The summed E-state index contributed by atoms with van der Waals surface area (Å²) in [4.78, 5) is 1.28. The van der Waals surface area contributed by atoms with Crippen LogP contribution in [0.25, 0.3) is 0 Å². The number of thioether (sulfide) groups is 1. The Morgan fingerprint density at radius 1 is 1.35 bits per heavy atom. The van der Waals surface area contributed by atoms with Gasteiger partial charge in [-0.1, -0.05) is 32.0 Å². The van der Waals surface area contributed by atoms with E-state index in [1.807, 2.05) is 6.07 Å². The van der Waals surface area contributed by atoms with Crippen molar-refractivity contribution in [3.63, 3.8) is 0 Å². The van der Waals surface area contributed by atoms with Gasteiger partial charge in [0, 0.05) is 16.9 Å². The molecule has 0 radical (unpaired) electrons. The minimum Gasteiger partial charge on any atom is -0.369 e. The van der Waals surface area contributed by atoms with Crippen LogP contribution in [0.15, 0.2) is 39.4 Å². The molecule has 0 fully saturated rings. The van der Waals surface area contributed by atoms with E-state index < -0.39 is 0 Å². The number of benzene rings is 1. The molecule has 1 rings (SSSR count). The maximum atomic E-state index is 5.16. The van der Waals surface area contributed by atoms with Crippen molar-refractivity contribution in [2.24, 2.45) is 21.7 Å². The van der Waals surface area contributed by atoms with Gasteiger partial charge in [0.25, 0.3) is 0 Å². The van der Waals surface area contributed by atoms with Gasteiger partial charge in [-0.3, -0.25) is 0 Å². The van der Waals surface area contributed by atoms with Gasteiger partial charge in [0.1, 0.15) is 0 Å². The van der Waals surface area contributed by atoms with Gasteiger partial charge in [0.05, 0.1) is 0 Å². The number of hydrogen-bond acceptors (Lipinski definition) is 3. The van der Waals surface area contributed by atoms with Crippen molar-refractivity contribution >= 4 is 23.9 Å². The highest BCUT2D eigenvalue weighted by molar-refractivity contribution is 8.00. The Morgan fingerprint density at radius 3 is 2.71 bits per heavy atom. The maximum Gasteiger partial charge on any atom is 0.211 e. The van der Waals surface area contributed by atoms with Gasteiger partial charge in [-0.2, -0.15) is 5.10 Å². The van der Waals surface area contributed by atoms with Crippen LogP contribution in [-0.2, 0) is 0 Å². The molecule has 0 aliphatic rings. The SMILES string of the molecule is CC(C)c1ccccc1SC/C=N\N=C(N)N. The molecule has 1 aromatic rings. The molecule has 0 heterocycles. The van der Waals surface area contributed by atoms with Crippen molar-refractivity contribution in [3.8, 4) is 0 Å². The summed E-state index contributed by atoms with van der Waals surface area (Å²) >= 11 is 1.73. The molecule has 0 aromatic heterocycles. The molecule has 92 valence electrons. The second kappa shape index (κ2) is 6.96. The van der Waals surface area contributed by atoms with Crippen molar-refractivity contribution in [1.82, 2.24) is 0 Å². The van der Waals surface area contributed by atoms with Gasteiger partial charge in [0.2, 0.25) is 5.96 Å². The third kappa shape index (κ3) is 4.91. The predicted octanol–water partition coefficient (Wildman–Crippen LogP) is 2.16. The molecular formula is C12H18N4S. The van der Waals surface area contributed by atoms with Crippen molar-refractivity contribution in [2.45, 2.75) is 24.7 Å². The first-order chi connectivity index (χ1) is 8.11. The highest BCUT2D eigenvalue weighted by atomic mass is 32.2. The second-order valence-electron chi connectivity index (χ2n) is 3.83. The molecule has 0 bridgehead atoms. The molecule has 0 saturated carbocycles. The third-order valence-corrected chi connectivity index (χ3v) is 3.11. The summed E-state index contributed by atoms with van der Waals surface area (Å²) < 4.78 is 0. The molecule has 17 heavy (non-hydrogen) atoms. The Kier molecular flexibility index (Phi) is 5.56. The fourth-order valence-electron chi connectivity index (χ4n) is 1.36. The van der Waals surface area contributed by atoms with Gasteiger partial charge in [0.15, 0.2) is 0 Å². The quantitative estimate of drug-likeness (QED) is 0.364. The lowest BCUT2D eigenvalue weighted by Crippen LogP contribution is -2.21. The summed E-state index contributed by atoms with van der Waals surface area (Å²) in [6, 6.07) is 8.38. The van der Waals surface area contributed by atoms with Crippen LogP contribution in [0.3, 0.4) is 0 Å². The van der Waals surface area contributed by atoms with E-state index in [2.05, 4.69) is 42.2 Å². The molecule has 0 spiro atoms. The Morgan fingerprint density at radius 2 is 2.06 bits per heavy atom. The van der Waals surface area contributed by atoms with Crippen LogP contribution in [0, 0.1) is 0 Å².